The number of halogens is 3. The summed E-state index contributed by atoms with van der Waals surface area (Å²) in [6.45, 7) is 1.91. The first-order chi connectivity index (χ1) is 14.0. The van der Waals surface area contributed by atoms with E-state index in [1.54, 1.807) is 29.0 Å². The van der Waals surface area contributed by atoms with E-state index in [0.717, 1.165) is 3.57 Å². The molecule has 0 bridgehead atoms. The fourth-order valence-corrected chi connectivity index (χ4v) is 3.84. The highest BCUT2D eigenvalue weighted by Crippen LogP contribution is 2.26. The van der Waals surface area contributed by atoms with Gasteiger partial charge in [-0.25, -0.2) is 9.97 Å². The van der Waals surface area contributed by atoms with Crippen LogP contribution in [0.1, 0.15) is 18.8 Å². The first-order valence-electron chi connectivity index (χ1n) is 8.67. The molecule has 9 heteroatoms. The molecule has 0 amide bonds. The predicted octanol–water partition coefficient (Wildman–Crippen LogP) is 5.26. The number of anilines is 1. The first kappa shape index (κ1) is 20.1. The van der Waals surface area contributed by atoms with Gasteiger partial charge < -0.3 is 5.32 Å². The van der Waals surface area contributed by atoms with Gasteiger partial charge in [0, 0.05) is 6.20 Å². The number of nitrogens with one attached hydrogen (secondary N) is 1. The number of hydrogen-bond donors (Lipinski definition) is 1. The molecule has 2 aromatic carbocycles. The van der Waals surface area contributed by atoms with Crippen molar-refractivity contribution in [1.82, 2.24) is 19.5 Å². The average molecular weight is 538 g/mol. The van der Waals surface area contributed by atoms with Gasteiger partial charge in [-0.1, -0.05) is 35.9 Å². The van der Waals surface area contributed by atoms with Crippen LogP contribution in [0, 0.1) is 3.57 Å². The second-order valence-electron chi connectivity index (χ2n) is 6.28. The predicted molar refractivity (Wildman–Crippen MR) is 124 cm³/mol. The molecule has 0 spiro atoms. The van der Waals surface area contributed by atoms with Crippen LogP contribution in [0.25, 0.3) is 16.6 Å². The van der Waals surface area contributed by atoms with E-state index in [9.17, 15) is 4.79 Å². The third kappa shape index (κ3) is 3.94. The zero-order chi connectivity index (χ0) is 20.5. The van der Waals surface area contributed by atoms with Crippen LogP contribution in [0.15, 0.2) is 59.5 Å². The highest BCUT2D eigenvalue weighted by molar-refractivity contribution is 14.1. The van der Waals surface area contributed by atoms with E-state index in [1.807, 2.05) is 37.3 Å². The molecule has 146 valence electrons. The zero-order valence-electron chi connectivity index (χ0n) is 15.1. The van der Waals surface area contributed by atoms with Gasteiger partial charge in [-0.2, -0.15) is 4.98 Å². The SMILES string of the molecule is C[C@H](Nc1nc(Cl)ncc1I)c1nc2cccc(Cl)c2c(=O)n1-c1ccccc1. The van der Waals surface area contributed by atoms with E-state index in [1.165, 1.54) is 0 Å². The summed E-state index contributed by atoms with van der Waals surface area (Å²) in [6.07, 6.45) is 1.63. The molecular weight excluding hydrogens is 524 g/mol. The Morgan fingerprint density at radius 3 is 2.59 bits per heavy atom. The summed E-state index contributed by atoms with van der Waals surface area (Å²) in [6, 6.07) is 14.2. The summed E-state index contributed by atoms with van der Waals surface area (Å²) in [5.74, 6) is 1.10. The lowest BCUT2D eigenvalue weighted by atomic mass is 10.2. The largest absolute Gasteiger partial charge is 0.359 e. The summed E-state index contributed by atoms with van der Waals surface area (Å²) in [5, 5.41) is 4.18. The summed E-state index contributed by atoms with van der Waals surface area (Å²) in [7, 11) is 0. The van der Waals surface area contributed by atoms with Crippen LogP contribution in [0.4, 0.5) is 5.82 Å². The van der Waals surface area contributed by atoms with Crippen molar-refractivity contribution in [2.75, 3.05) is 5.32 Å². The van der Waals surface area contributed by atoms with E-state index in [4.69, 9.17) is 28.2 Å². The number of aromatic nitrogens is 4. The normalized spacial score (nSPS) is 12.1. The second-order valence-corrected chi connectivity index (χ2v) is 8.19. The Balaban J connectivity index is 1.93. The van der Waals surface area contributed by atoms with Crippen LogP contribution in [-0.4, -0.2) is 19.5 Å². The molecule has 2 aromatic heterocycles. The summed E-state index contributed by atoms with van der Waals surface area (Å²) in [4.78, 5) is 26.4. The first-order valence-corrected chi connectivity index (χ1v) is 10.5. The Kier molecular flexibility index (Phi) is 5.71. The van der Waals surface area contributed by atoms with Crippen molar-refractivity contribution < 1.29 is 0 Å². The maximum atomic E-state index is 13.4. The molecule has 0 aliphatic carbocycles. The Bertz CT molecular complexity index is 1260. The van der Waals surface area contributed by atoms with Gasteiger partial charge in [0.1, 0.15) is 11.6 Å². The van der Waals surface area contributed by atoms with Gasteiger partial charge in [-0.05, 0) is 65.4 Å². The number of hydrogen-bond acceptors (Lipinski definition) is 5. The number of fused-ring (bicyclic) bond motifs is 1. The van der Waals surface area contributed by atoms with Crippen LogP contribution in [0.2, 0.25) is 10.3 Å². The highest BCUT2D eigenvalue weighted by Gasteiger charge is 2.20. The Morgan fingerprint density at radius 2 is 1.83 bits per heavy atom. The third-order valence-corrected chi connectivity index (χ3v) is 5.63. The molecule has 0 saturated heterocycles. The number of benzene rings is 2. The van der Waals surface area contributed by atoms with Crippen molar-refractivity contribution in [3.63, 3.8) is 0 Å². The third-order valence-electron chi connectivity index (χ3n) is 4.34. The van der Waals surface area contributed by atoms with E-state index in [0.29, 0.717) is 33.3 Å². The number of rotatable bonds is 4. The fourth-order valence-electron chi connectivity index (χ4n) is 3.04. The standard InChI is InChI=1S/C20H14Cl2IN5O/c1-11(25-17-14(23)10-24-20(22)27-17)18-26-15-9-5-8-13(21)16(15)19(29)28(18)12-6-3-2-4-7-12/h2-11H,1H3,(H,24,25,27)/t11-/m0/s1. The molecule has 0 radical (unpaired) electrons. The van der Waals surface area contributed by atoms with Gasteiger partial charge in [0.15, 0.2) is 0 Å². The molecule has 4 rings (SSSR count). The minimum Gasteiger partial charge on any atom is -0.359 e. The summed E-state index contributed by atoms with van der Waals surface area (Å²) < 4.78 is 2.37. The van der Waals surface area contributed by atoms with Gasteiger partial charge in [0.25, 0.3) is 5.56 Å². The fraction of sp³-hybridized carbons (Fsp3) is 0.100. The molecule has 0 aliphatic heterocycles. The maximum Gasteiger partial charge on any atom is 0.267 e. The summed E-state index contributed by atoms with van der Waals surface area (Å²) in [5.41, 5.74) is 1.01. The van der Waals surface area contributed by atoms with Crippen molar-refractivity contribution in [2.24, 2.45) is 0 Å². The van der Waals surface area contributed by atoms with Crippen molar-refractivity contribution >= 4 is 62.5 Å². The lowest BCUT2D eigenvalue weighted by Gasteiger charge is -2.20. The van der Waals surface area contributed by atoms with Crippen LogP contribution < -0.4 is 10.9 Å². The maximum absolute atomic E-state index is 13.4. The zero-order valence-corrected chi connectivity index (χ0v) is 18.8. The van der Waals surface area contributed by atoms with E-state index >= 15 is 0 Å². The van der Waals surface area contributed by atoms with E-state index in [2.05, 4.69) is 37.9 Å². The van der Waals surface area contributed by atoms with Gasteiger partial charge in [0.05, 0.1) is 31.2 Å². The molecule has 2 heterocycles. The number of nitrogens with zero attached hydrogens (tertiary/aromatic N) is 4. The molecule has 0 fully saturated rings. The topological polar surface area (TPSA) is 72.7 Å². The molecule has 0 unspecified atom stereocenters. The van der Waals surface area contributed by atoms with E-state index in [-0.39, 0.29) is 16.9 Å². The molecular formula is C20H14Cl2IN5O. The number of para-hydroxylation sites is 1. The van der Waals surface area contributed by atoms with Crippen LogP contribution in [0.5, 0.6) is 0 Å². The Hall–Kier alpha value is -2.23. The van der Waals surface area contributed by atoms with E-state index < -0.39 is 0 Å². The molecule has 1 N–H and O–H groups in total. The lowest BCUT2D eigenvalue weighted by Crippen LogP contribution is -2.27. The smallest absolute Gasteiger partial charge is 0.267 e. The second kappa shape index (κ2) is 8.25. The highest BCUT2D eigenvalue weighted by atomic mass is 127. The minimum atomic E-state index is -0.356. The molecule has 0 aliphatic rings. The van der Waals surface area contributed by atoms with Crippen molar-refractivity contribution in [3.05, 3.63) is 84.8 Å². The average Bonchev–Trinajstić information content (AvgIpc) is 2.71. The van der Waals surface area contributed by atoms with Gasteiger partial charge >= 0.3 is 0 Å². The molecule has 6 nitrogen and oxygen atoms in total. The van der Waals surface area contributed by atoms with Crippen LogP contribution in [-0.2, 0) is 0 Å². The Morgan fingerprint density at radius 1 is 1.07 bits per heavy atom. The molecule has 1 atom stereocenters. The molecule has 4 aromatic rings. The van der Waals surface area contributed by atoms with Crippen LogP contribution in [0.3, 0.4) is 0 Å². The van der Waals surface area contributed by atoms with Crippen molar-refractivity contribution in [1.29, 1.82) is 0 Å². The monoisotopic (exact) mass is 537 g/mol. The van der Waals surface area contributed by atoms with Crippen molar-refractivity contribution in [3.8, 4) is 5.69 Å². The van der Waals surface area contributed by atoms with Gasteiger partial charge in [-0.3, -0.25) is 9.36 Å². The molecule has 0 saturated carbocycles. The van der Waals surface area contributed by atoms with Crippen molar-refractivity contribution in [2.45, 2.75) is 13.0 Å². The lowest BCUT2D eigenvalue weighted by molar-refractivity contribution is 0.730. The molecule has 29 heavy (non-hydrogen) atoms. The van der Waals surface area contributed by atoms with Gasteiger partial charge in [-0.15, -0.1) is 0 Å². The minimum absolute atomic E-state index is 0.138. The van der Waals surface area contributed by atoms with Crippen LogP contribution >= 0.6 is 45.8 Å². The Labute approximate surface area is 190 Å². The van der Waals surface area contributed by atoms with Gasteiger partial charge in [0.2, 0.25) is 5.28 Å². The quantitative estimate of drug-likeness (QED) is 0.284. The summed E-state index contributed by atoms with van der Waals surface area (Å²) >= 11 is 14.4.